The van der Waals surface area contributed by atoms with Crippen molar-refractivity contribution in [2.45, 2.75) is 45.6 Å². The van der Waals surface area contributed by atoms with Gasteiger partial charge in [0.1, 0.15) is 18.3 Å². The van der Waals surface area contributed by atoms with Gasteiger partial charge in [0, 0.05) is 40.4 Å². The number of hydrogen-bond acceptors (Lipinski definition) is 10. The van der Waals surface area contributed by atoms with E-state index in [2.05, 4.69) is 5.32 Å². The van der Waals surface area contributed by atoms with E-state index >= 15 is 0 Å². The third kappa shape index (κ3) is 6.60. The minimum atomic E-state index is -1.14. The molecule has 3 atom stereocenters. The van der Waals surface area contributed by atoms with Crippen LogP contribution in [-0.4, -0.2) is 43.0 Å². The van der Waals surface area contributed by atoms with Gasteiger partial charge in [0.2, 0.25) is 0 Å². The van der Waals surface area contributed by atoms with Crippen LogP contribution in [0.1, 0.15) is 55.7 Å². The van der Waals surface area contributed by atoms with Crippen LogP contribution in [0, 0.1) is 16.0 Å². The SMILES string of the molecule is CCOC(=O)C1=C(C)NC2=C(C(=O)[C@H](C(=O)OCC)[C@@H](c3ccccc3)C2)[C@@H]1c1ccc(OC)c(COc2ccccc2[N+](=O)[O-])c1. The Morgan fingerprint density at radius 3 is 2.32 bits per heavy atom. The van der Waals surface area contributed by atoms with Crippen LogP contribution < -0.4 is 14.8 Å². The maximum Gasteiger partial charge on any atom is 0.336 e. The predicted octanol–water partition coefficient (Wildman–Crippen LogP) is 5.90. The van der Waals surface area contributed by atoms with Gasteiger partial charge in [0.15, 0.2) is 11.5 Å². The second-order valence-corrected chi connectivity index (χ2v) is 11.1. The van der Waals surface area contributed by atoms with Gasteiger partial charge in [-0.25, -0.2) is 4.79 Å². The molecule has 1 aliphatic carbocycles. The molecule has 11 heteroatoms. The van der Waals surface area contributed by atoms with Gasteiger partial charge < -0.3 is 24.3 Å². The minimum Gasteiger partial charge on any atom is -0.496 e. The first-order valence-electron chi connectivity index (χ1n) is 15.4. The Hall–Kier alpha value is -5.45. The van der Waals surface area contributed by atoms with Crippen molar-refractivity contribution in [2.24, 2.45) is 5.92 Å². The number of hydrogen-bond donors (Lipinski definition) is 1. The molecule has 11 nitrogen and oxygen atoms in total. The summed E-state index contributed by atoms with van der Waals surface area (Å²) >= 11 is 0. The number of nitrogens with zero attached hydrogens (tertiary/aromatic N) is 1. The van der Waals surface area contributed by atoms with E-state index in [1.165, 1.54) is 19.2 Å². The number of nitrogens with one attached hydrogen (secondary N) is 1. The highest BCUT2D eigenvalue weighted by molar-refractivity contribution is 6.13. The number of para-hydroxylation sites is 2. The van der Waals surface area contributed by atoms with Crippen LogP contribution in [0.3, 0.4) is 0 Å². The molecule has 0 unspecified atom stereocenters. The van der Waals surface area contributed by atoms with Crippen molar-refractivity contribution < 1.29 is 38.3 Å². The normalized spacial score (nSPS) is 19.0. The first kappa shape index (κ1) is 32.9. The maximum atomic E-state index is 14.6. The van der Waals surface area contributed by atoms with Crippen LogP contribution in [0.5, 0.6) is 11.5 Å². The Balaban J connectivity index is 1.64. The van der Waals surface area contributed by atoms with Crippen LogP contribution >= 0.6 is 0 Å². The third-order valence-corrected chi connectivity index (χ3v) is 8.37. The summed E-state index contributed by atoms with van der Waals surface area (Å²) in [4.78, 5) is 52.6. The van der Waals surface area contributed by atoms with Gasteiger partial charge in [-0.2, -0.15) is 0 Å². The molecule has 3 aromatic carbocycles. The van der Waals surface area contributed by atoms with Crippen LogP contribution in [0.2, 0.25) is 0 Å². The van der Waals surface area contributed by atoms with Crippen LogP contribution in [0.4, 0.5) is 5.69 Å². The molecule has 0 aromatic heterocycles. The summed E-state index contributed by atoms with van der Waals surface area (Å²) in [6.07, 6.45) is 0.322. The highest BCUT2D eigenvalue weighted by Crippen LogP contribution is 2.48. The monoisotopic (exact) mass is 640 g/mol. The van der Waals surface area contributed by atoms with E-state index in [0.717, 1.165) is 5.56 Å². The maximum absolute atomic E-state index is 14.6. The molecule has 244 valence electrons. The molecule has 0 spiro atoms. The van der Waals surface area contributed by atoms with Gasteiger partial charge in [-0.1, -0.05) is 48.5 Å². The quantitative estimate of drug-likeness (QED) is 0.117. The summed E-state index contributed by atoms with van der Waals surface area (Å²) in [6, 6.07) is 20.6. The lowest BCUT2D eigenvalue weighted by Gasteiger charge is -2.39. The van der Waals surface area contributed by atoms with Crippen molar-refractivity contribution in [3.8, 4) is 11.5 Å². The molecule has 0 fully saturated rings. The van der Waals surface area contributed by atoms with Crippen molar-refractivity contribution >= 4 is 23.4 Å². The van der Waals surface area contributed by atoms with Gasteiger partial charge in [-0.15, -0.1) is 0 Å². The molecule has 0 bridgehead atoms. The summed E-state index contributed by atoms with van der Waals surface area (Å²) in [7, 11) is 1.49. The molecule has 1 aliphatic heterocycles. The number of nitro benzene ring substituents is 1. The van der Waals surface area contributed by atoms with Crippen molar-refractivity contribution in [1.82, 2.24) is 5.32 Å². The fourth-order valence-corrected chi connectivity index (χ4v) is 6.34. The van der Waals surface area contributed by atoms with Crippen molar-refractivity contribution in [2.75, 3.05) is 20.3 Å². The molecule has 1 N–H and O–H groups in total. The number of carbonyl (C=O) groups excluding carboxylic acids is 3. The molecule has 2 aliphatic rings. The van der Waals surface area contributed by atoms with E-state index in [0.29, 0.717) is 34.7 Å². The first-order chi connectivity index (χ1) is 22.7. The molecule has 1 heterocycles. The molecule has 3 aromatic rings. The molecular weight excluding hydrogens is 604 g/mol. The Bertz CT molecular complexity index is 1760. The number of dihydropyridines is 1. The minimum absolute atomic E-state index is 0.0754. The highest BCUT2D eigenvalue weighted by atomic mass is 16.6. The van der Waals surface area contributed by atoms with E-state index in [4.69, 9.17) is 18.9 Å². The third-order valence-electron chi connectivity index (χ3n) is 8.37. The number of rotatable bonds is 11. The largest absolute Gasteiger partial charge is 0.496 e. The van der Waals surface area contributed by atoms with Gasteiger partial charge in [-0.3, -0.25) is 19.7 Å². The number of carbonyl (C=O) groups is 3. The second kappa shape index (κ2) is 14.3. The number of allylic oxidation sites excluding steroid dienone is 3. The topological polar surface area (TPSA) is 143 Å². The van der Waals surface area contributed by atoms with Gasteiger partial charge in [0.05, 0.1) is 30.8 Å². The Morgan fingerprint density at radius 2 is 1.64 bits per heavy atom. The smallest absolute Gasteiger partial charge is 0.336 e. The van der Waals surface area contributed by atoms with Gasteiger partial charge >= 0.3 is 17.6 Å². The summed E-state index contributed by atoms with van der Waals surface area (Å²) in [6.45, 7) is 5.25. The van der Waals surface area contributed by atoms with E-state index in [9.17, 15) is 24.5 Å². The molecule has 0 saturated carbocycles. The lowest BCUT2D eigenvalue weighted by molar-refractivity contribution is -0.385. The number of methoxy groups -OCH3 is 1. The van der Waals surface area contributed by atoms with Gasteiger partial charge in [-0.05, 0) is 56.5 Å². The van der Waals surface area contributed by atoms with E-state index in [1.54, 1.807) is 51.1 Å². The highest BCUT2D eigenvalue weighted by Gasteiger charge is 2.49. The fraction of sp³-hybridized carbons (Fsp3) is 0.306. The number of benzene rings is 3. The zero-order valence-corrected chi connectivity index (χ0v) is 26.6. The average Bonchev–Trinajstić information content (AvgIpc) is 3.07. The van der Waals surface area contributed by atoms with Gasteiger partial charge in [0.25, 0.3) is 0 Å². The second-order valence-electron chi connectivity index (χ2n) is 11.1. The van der Waals surface area contributed by atoms with E-state index in [-0.39, 0.29) is 42.4 Å². The van der Waals surface area contributed by atoms with Crippen LogP contribution in [0.15, 0.2) is 95.3 Å². The summed E-state index contributed by atoms with van der Waals surface area (Å²) in [5.74, 6) is -3.69. The Morgan fingerprint density at radius 1 is 0.936 bits per heavy atom. The molecule has 47 heavy (non-hydrogen) atoms. The Kier molecular flexibility index (Phi) is 10.0. The predicted molar refractivity (Wildman–Crippen MR) is 172 cm³/mol. The lowest BCUT2D eigenvalue weighted by atomic mass is 9.67. The van der Waals surface area contributed by atoms with E-state index < -0.39 is 40.4 Å². The van der Waals surface area contributed by atoms with Crippen molar-refractivity contribution in [3.63, 3.8) is 0 Å². The lowest BCUT2D eigenvalue weighted by Crippen LogP contribution is -2.43. The summed E-state index contributed by atoms with van der Waals surface area (Å²) in [5, 5.41) is 14.9. The van der Waals surface area contributed by atoms with Crippen molar-refractivity contribution in [3.05, 3.63) is 122 Å². The summed E-state index contributed by atoms with van der Waals surface area (Å²) < 4.78 is 22.4. The number of nitro groups is 1. The number of ether oxygens (including phenoxy) is 4. The zero-order chi connectivity index (χ0) is 33.7. The Labute approximate surface area is 272 Å². The fourth-order valence-electron chi connectivity index (χ4n) is 6.34. The number of esters is 2. The van der Waals surface area contributed by atoms with Crippen molar-refractivity contribution in [1.29, 1.82) is 0 Å². The molecule has 0 amide bonds. The standard InChI is InChI=1S/C36H36N2O9/c1-5-45-35(40)30-21(3)37-26-19-25(22-12-8-7-9-13-22)32(36(41)46-6-2)34(39)33(26)31(30)23-16-17-28(44-4)24(18-23)20-47-29-15-11-10-14-27(29)38(42)43/h7-18,25,31-32,37H,5-6,19-20H2,1-4H3/t25-,31-,32-/m1/s1. The summed E-state index contributed by atoms with van der Waals surface area (Å²) in [5.41, 5.74) is 3.35. The molecular formula is C36H36N2O9. The number of Topliss-reactive ketones (excluding diaryl/α,β-unsaturated/α-hetero) is 1. The van der Waals surface area contributed by atoms with E-state index in [1.807, 2.05) is 30.3 Å². The van der Waals surface area contributed by atoms with Crippen LogP contribution in [0.25, 0.3) is 0 Å². The zero-order valence-electron chi connectivity index (χ0n) is 26.6. The molecule has 0 radical (unpaired) electrons. The average molecular weight is 641 g/mol. The first-order valence-corrected chi connectivity index (χ1v) is 15.4. The molecule has 5 rings (SSSR count). The number of ketones is 1. The van der Waals surface area contributed by atoms with Crippen LogP contribution in [-0.2, 0) is 30.5 Å². The molecule has 0 saturated heterocycles.